The average molecular weight is 402 g/mol. The number of rotatable bonds is 2. The molecule has 5 nitrogen and oxygen atoms in total. The van der Waals surface area contributed by atoms with Gasteiger partial charge in [-0.05, 0) is 51.0 Å². The van der Waals surface area contributed by atoms with E-state index in [1.807, 2.05) is 13.0 Å². The first-order valence-electron chi connectivity index (χ1n) is 10.8. The number of carbonyl (C=O) groups is 2. The molecule has 7 atom stereocenters. The first-order valence-corrected chi connectivity index (χ1v) is 10.8. The van der Waals surface area contributed by atoms with Crippen LogP contribution < -0.4 is 5.32 Å². The van der Waals surface area contributed by atoms with Crippen molar-refractivity contribution in [3.8, 4) is 0 Å². The highest BCUT2D eigenvalue weighted by molar-refractivity contribution is 6.13. The Morgan fingerprint density at radius 1 is 1.21 bits per heavy atom. The van der Waals surface area contributed by atoms with Gasteiger partial charge in [0, 0.05) is 17.9 Å². The Bertz CT molecular complexity index is 765. The number of ketones is 1. The molecule has 1 aliphatic heterocycles. The number of aliphatic hydroxyl groups excluding tert-OH is 2. The van der Waals surface area contributed by atoms with Crippen LogP contribution in [-0.2, 0) is 9.59 Å². The third kappa shape index (κ3) is 3.75. The molecule has 0 aromatic carbocycles. The molecule has 3 rings (SSSR count). The minimum atomic E-state index is -1.20. The van der Waals surface area contributed by atoms with E-state index in [4.69, 9.17) is 0 Å². The first-order chi connectivity index (χ1) is 13.6. The summed E-state index contributed by atoms with van der Waals surface area (Å²) in [6.07, 6.45) is 6.60. The number of amides is 1. The van der Waals surface area contributed by atoms with E-state index in [2.05, 4.69) is 39.1 Å². The molecule has 1 amide bonds. The van der Waals surface area contributed by atoms with Crippen LogP contribution in [0.5, 0.6) is 0 Å². The molecule has 0 unspecified atom stereocenters. The van der Waals surface area contributed by atoms with Crippen LogP contribution in [0.15, 0.2) is 35.5 Å². The fourth-order valence-electron chi connectivity index (χ4n) is 5.53. The number of nitrogens with one attached hydrogen (secondary N) is 1. The maximum atomic E-state index is 13.6. The first kappa shape index (κ1) is 22.0. The summed E-state index contributed by atoms with van der Waals surface area (Å²) in [6.45, 7) is 10.4. The standard InChI is InChI=1S/C24H35NO4/c1-13(2)10-18-22-16(5)15(4)12-17-11-14(3)6-7-19(26)20(27)8-9-21(28)24(17,22)23(29)25-18/h8-9,11-13,16-20,22,26-27H,6-7,10H2,1-5H3,(H,25,29)/b9-8-,14-11-/t16-,17+,18-,19+,20-,22+,24-/m0/s1. The molecule has 160 valence electrons. The normalized spacial score (nSPS) is 43.4. The lowest BCUT2D eigenvalue weighted by Crippen LogP contribution is -2.51. The Kier molecular flexibility index (Phi) is 6.21. The van der Waals surface area contributed by atoms with E-state index < -0.39 is 17.6 Å². The van der Waals surface area contributed by atoms with Crippen molar-refractivity contribution < 1.29 is 19.8 Å². The van der Waals surface area contributed by atoms with Crippen LogP contribution in [-0.4, -0.2) is 40.2 Å². The highest BCUT2D eigenvalue weighted by atomic mass is 16.3. The highest BCUT2D eigenvalue weighted by Gasteiger charge is 2.64. The summed E-state index contributed by atoms with van der Waals surface area (Å²) in [4.78, 5) is 27.1. The molecular formula is C24H35NO4. The molecule has 29 heavy (non-hydrogen) atoms. The van der Waals surface area contributed by atoms with Crippen LogP contribution in [0.25, 0.3) is 0 Å². The summed E-state index contributed by atoms with van der Waals surface area (Å²) < 4.78 is 0. The summed E-state index contributed by atoms with van der Waals surface area (Å²) in [5.41, 5.74) is 1.02. The van der Waals surface area contributed by atoms with Crippen molar-refractivity contribution in [2.75, 3.05) is 0 Å². The van der Waals surface area contributed by atoms with Gasteiger partial charge in [-0.1, -0.05) is 50.1 Å². The Morgan fingerprint density at radius 3 is 2.55 bits per heavy atom. The van der Waals surface area contributed by atoms with Gasteiger partial charge in [-0.25, -0.2) is 0 Å². The Morgan fingerprint density at radius 2 is 1.90 bits per heavy atom. The van der Waals surface area contributed by atoms with Crippen molar-refractivity contribution in [1.82, 2.24) is 5.32 Å². The molecule has 2 aliphatic carbocycles. The number of hydrogen-bond acceptors (Lipinski definition) is 4. The van der Waals surface area contributed by atoms with Gasteiger partial charge >= 0.3 is 0 Å². The van der Waals surface area contributed by atoms with Crippen molar-refractivity contribution in [1.29, 1.82) is 0 Å². The SMILES string of the molecule is CC1=C[C@H]2/C=C(/C)CC[C@@H](O)[C@@H](O)/C=C\C(=O)[C@@]23C(=O)N[C@@H](CC(C)C)[C@H]3[C@H]1C. The van der Waals surface area contributed by atoms with Gasteiger partial charge in [0.15, 0.2) is 5.78 Å². The lowest BCUT2D eigenvalue weighted by atomic mass is 9.55. The summed E-state index contributed by atoms with van der Waals surface area (Å²) in [6, 6.07) is -0.0599. The molecule has 0 bridgehead atoms. The number of carbonyl (C=O) groups excluding carboxylic acids is 2. The second kappa shape index (κ2) is 8.19. The van der Waals surface area contributed by atoms with Crippen LogP contribution in [0.3, 0.4) is 0 Å². The second-order valence-electron chi connectivity index (χ2n) is 9.66. The van der Waals surface area contributed by atoms with E-state index in [1.165, 1.54) is 17.7 Å². The minimum Gasteiger partial charge on any atom is -0.390 e. The van der Waals surface area contributed by atoms with Crippen molar-refractivity contribution in [3.05, 3.63) is 35.5 Å². The van der Waals surface area contributed by atoms with E-state index in [9.17, 15) is 19.8 Å². The van der Waals surface area contributed by atoms with Crippen LogP contribution >= 0.6 is 0 Å². The van der Waals surface area contributed by atoms with Crippen molar-refractivity contribution in [2.24, 2.45) is 29.1 Å². The molecule has 0 aromatic rings. The monoisotopic (exact) mass is 401 g/mol. The average Bonchev–Trinajstić information content (AvgIpc) is 2.93. The number of hydrogen-bond donors (Lipinski definition) is 3. The summed E-state index contributed by atoms with van der Waals surface area (Å²) in [5.74, 6) is -0.455. The zero-order valence-electron chi connectivity index (χ0n) is 18.2. The van der Waals surface area contributed by atoms with Gasteiger partial charge in [-0.3, -0.25) is 9.59 Å². The zero-order chi connectivity index (χ0) is 21.5. The molecule has 1 fully saturated rings. The van der Waals surface area contributed by atoms with E-state index in [0.717, 1.165) is 12.0 Å². The fourth-order valence-corrected chi connectivity index (χ4v) is 5.53. The molecule has 0 aromatic heterocycles. The van der Waals surface area contributed by atoms with Gasteiger partial charge in [0.25, 0.3) is 0 Å². The number of allylic oxidation sites excluding steroid dienone is 5. The third-order valence-corrected chi connectivity index (χ3v) is 7.15. The summed E-state index contributed by atoms with van der Waals surface area (Å²) in [5, 5.41) is 23.6. The summed E-state index contributed by atoms with van der Waals surface area (Å²) in [7, 11) is 0. The maximum Gasteiger partial charge on any atom is 0.235 e. The van der Waals surface area contributed by atoms with E-state index in [0.29, 0.717) is 18.8 Å². The van der Waals surface area contributed by atoms with Crippen molar-refractivity contribution >= 4 is 11.7 Å². The fraction of sp³-hybridized carbons (Fsp3) is 0.667. The van der Waals surface area contributed by atoms with Crippen LogP contribution in [0.1, 0.15) is 53.9 Å². The molecule has 1 saturated heterocycles. The lowest BCUT2D eigenvalue weighted by molar-refractivity contribution is -0.142. The van der Waals surface area contributed by atoms with Crippen LogP contribution in [0, 0.1) is 29.1 Å². The van der Waals surface area contributed by atoms with E-state index in [1.54, 1.807) is 0 Å². The highest BCUT2D eigenvalue weighted by Crippen LogP contribution is 2.55. The molecule has 1 spiro atoms. The summed E-state index contributed by atoms with van der Waals surface area (Å²) >= 11 is 0. The van der Waals surface area contributed by atoms with E-state index in [-0.39, 0.29) is 35.5 Å². The molecule has 0 radical (unpaired) electrons. The third-order valence-electron chi connectivity index (χ3n) is 7.15. The zero-order valence-corrected chi connectivity index (χ0v) is 18.2. The van der Waals surface area contributed by atoms with E-state index >= 15 is 0 Å². The van der Waals surface area contributed by atoms with Gasteiger partial charge in [0.1, 0.15) is 5.41 Å². The smallest absolute Gasteiger partial charge is 0.235 e. The van der Waals surface area contributed by atoms with Crippen molar-refractivity contribution in [2.45, 2.75) is 72.1 Å². The molecule has 1 heterocycles. The van der Waals surface area contributed by atoms with Gasteiger partial charge in [0.05, 0.1) is 12.2 Å². The molecule has 5 heteroatoms. The predicted octanol–water partition coefficient (Wildman–Crippen LogP) is 2.93. The maximum absolute atomic E-state index is 13.6. The molecule has 3 aliphatic rings. The van der Waals surface area contributed by atoms with Gasteiger partial charge < -0.3 is 15.5 Å². The predicted molar refractivity (Wildman–Crippen MR) is 113 cm³/mol. The largest absolute Gasteiger partial charge is 0.390 e. The lowest BCUT2D eigenvalue weighted by Gasteiger charge is -2.44. The van der Waals surface area contributed by atoms with Gasteiger partial charge in [-0.15, -0.1) is 0 Å². The van der Waals surface area contributed by atoms with Crippen LogP contribution in [0.4, 0.5) is 0 Å². The van der Waals surface area contributed by atoms with Gasteiger partial charge in [-0.2, -0.15) is 0 Å². The molecular weight excluding hydrogens is 366 g/mol. The Hall–Kier alpha value is -1.72. The minimum absolute atomic E-state index is 0.0599. The molecule has 3 N–H and O–H groups in total. The number of aliphatic hydroxyl groups is 2. The second-order valence-corrected chi connectivity index (χ2v) is 9.66. The molecule has 0 saturated carbocycles. The quantitative estimate of drug-likeness (QED) is 0.490. The van der Waals surface area contributed by atoms with Gasteiger partial charge in [0.2, 0.25) is 5.91 Å². The van der Waals surface area contributed by atoms with Crippen LogP contribution in [0.2, 0.25) is 0 Å². The topological polar surface area (TPSA) is 86.6 Å². The Balaban J connectivity index is 2.20. The Labute approximate surface area is 174 Å². The van der Waals surface area contributed by atoms with Crippen molar-refractivity contribution in [3.63, 3.8) is 0 Å².